The molecule has 2 unspecified atom stereocenters. The Bertz CT molecular complexity index is 195. The van der Waals surface area contributed by atoms with Gasteiger partial charge in [-0.25, -0.2) is 0 Å². The normalized spacial score (nSPS) is 27.3. The number of aliphatic carboxylic acids is 1. The van der Waals surface area contributed by atoms with E-state index in [0.717, 1.165) is 25.7 Å². The van der Waals surface area contributed by atoms with E-state index >= 15 is 0 Å². The maximum absolute atomic E-state index is 10.7. The molecule has 1 aliphatic rings. The maximum Gasteiger partial charge on any atom is 0.451 e. The number of carbonyl (C=O) groups is 1. The highest BCUT2D eigenvalue weighted by Crippen LogP contribution is 2.32. The molecule has 0 aromatic carbocycles. The van der Waals surface area contributed by atoms with E-state index in [1.165, 1.54) is 0 Å². The summed E-state index contributed by atoms with van der Waals surface area (Å²) in [4.78, 5) is 10.7. The molecular formula is C9H17BO4. The third-order valence-corrected chi connectivity index (χ3v) is 2.97. The Morgan fingerprint density at radius 1 is 1.36 bits per heavy atom. The van der Waals surface area contributed by atoms with E-state index in [1.807, 2.05) is 0 Å². The van der Waals surface area contributed by atoms with E-state index in [0.29, 0.717) is 18.7 Å². The standard InChI is InChI=1S/C9H17BO4/c11-9(12)8-3-1-2-7(6-8)4-5-10(13)14/h7-8,13-14H,1-6H2,(H,11,12). The Morgan fingerprint density at radius 3 is 2.64 bits per heavy atom. The zero-order chi connectivity index (χ0) is 10.6. The molecule has 0 aromatic rings. The van der Waals surface area contributed by atoms with Crippen molar-refractivity contribution >= 4 is 13.1 Å². The van der Waals surface area contributed by atoms with Crippen LogP contribution in [-0.2, 0) is 4.79 Å². The summed E-state index contributed by atoms with van der Waals surface area (Å²) in [6, 6.07) is 0. The van der Waals surface area contributed by atoms with Crippen molar-refractivity contribution in [3.63, 3.8) is 0 Å². The minimum atomic E-state index is -1.25. The van der Waals surface area contributed by atoms with Crippen LogP contribution in [0.2, 0.25) is 6.32 Å². The largest absolute Gasteiger partial charge is 0.481 e. The third kappa shape index (κ3) is 3.68. The molecule has 14 heavy (non-hydrogen) atoms. The molecule has 1 aliphatic carbocycles. The molecule has 2 atom stereocenters. The maximum atomic E-state index is 10.7. The van der Waals surface area contributed by atoms with E-state index in [9.17, 15) is 4.79 Å². The molecule has 0 aliphatic heterocycles. The van der Waals surface area contributed by atoms with Crippen molar-refractivity contribution in [2.24, 2.45) is 11.8 Å². The van der Waals surface area contributed by atoms with Crippen LogP contribution in [0.3, 0.4) is 0 Å². The SMILES string of the molecule is O=C(O)C1CCCC(CCB(O)O)C1. The summed E-state index contributed by atoms with van der Waals surface area (Å²) in [5.74, 6) is -0.574. The van der Waals surface area contributed by atoms with Gasteiger partial charge in [-0.05, 0) is 25.1 Å². The van der Waals surface area contributed by atoms with Crippen molar-refractivity contribution in [2.75, 3.05) is 0 Å². The molecule has 0 spiro atoms. The van der Waals surface area contributed by atoms with Gasteiger partial charge in [0.05, 0.1) is 5.92 Å². The molecule has 1 fully saturated rings. The summed E-state index contributed by atoms with van der Waals surface area (Å²) in [7, 11) is -1.25. The van der Waals surface area contributed by atoms with Gasteiger partial charge in [0.15, 0.2) is 0 Å². The molecule has 80 valence electrons. The van der Waals surface area contributed by atoms with Crippen molar-refractivity contribution in [1.29, 1.82) is 0 Å². The number of hydrogen-bond acceptors (Lipinski definition) is 3. The number of carboxylic acid groups (broad SMARTS) is 1. The van der Waals surface area contributed by atoms with Crippen LogP contribution >= 0.6 is 0 Å². The first kappa shape index (κ1) is 11.5. The quantitative estimate of drug-likeness (QED) is 0.585. The molecule has 0 heterocycles. The fourth-order valence-corrected chi connectivity index (χ4v) is 2.16. The average molecular weight is 200 g/mol. The Hall–Kier alpha value is -0.545. The van der Waals surface area contributed by atoms with Crippen molar-refractivity contribution in [1.82, 2.24) is 0 Å². The molecule has 0 aromatic heterocycles. The van der Waals surface area contributed by atoms with Gasteiger partial charge in [0, 0.05) is 0 Å². The van der Waals surface area contributed by atoms with Crippen LogP contribution in [0.15, 0.2) is 0 Å². The Balaban J connectivity index is 2.29. The third-order valence-electron chi connectivity index (χ3n) is 2.97. The van der Waals surface area contributed by atoms with Gasteiger partial charge in [-0.1, -0.05) is 19.3 Å². The van der Waals surface area contributed by atoms with E-state index in [-0.39, 0.29) is 5.92 Å². The first-order valence-corrected chi connectivity index (χ1v) is 5.18. The monoisotopic (exact) mass is 200 g/mol. The van der Waals surface area contributed by atoms with Gasteiger partial charge in [-0.2, -0.15) is 0 Å². The highest BCUT2D eigenvalue weighted by Gasteiger charge is 2.27. The minimum absolute atomic E-state index is 0.218. The summed E-state index contributed by atoms with van der Waals surface area (Å²) in [5.41, 5.74) is 0. The average Bonchev–Trinajstić information content (AvgIpc) is 2.15. The summed E-state index contributed by atoms with van der Waals surface area (Å²) in [6.45, 7) is 0. The topological polar surface area (TPSA) is 77.8 Å². The van der Waals surface area contributed by atoms with Crippen LogP contribution in [0.25, 0.3) is 0 Å². The van der Waals surface area contributed by atoms with Crippen LogP contribution in [0.5, 0.6) is 0 Å². The van der Waals surface area contributed by atoms with E-state index in [1.54, 1.807) is 0 Å². The zero-order valence-electron chi connectivity index (χ0n) is 8.22. The van der Waals surface area contributed by atoms with Gasteiger partial charge >= 0.3 is 13.1 Å². The molecular weight excluding hydrogens is 183 g/mol. The van der Waals surface area contributed by atoms with Gasteiger partial charge in [0.25, 0.3) is 0 Å². The van der Waals surface area contributed by atoms with Crippen molar-refractivity contribution < 1.29 is 19.9 Å². The number of rotatable bonds is 4. The van der Waals surface area contributed by atoms with Gasteiger partial charge in [-0.15, -0.1) is 0 Å². The first-order chi connectivity index (χ1) is 6.59. The highest BCUT2D eigenvalue weighted by molar-refractivity contribution is 6.40. The second kappa shape index (κ2) is 5.36. The molecule has 5 heteroatoms. The van der Waals surface area contributed by atoms with Crippen molar-refractivity contribution in [3.05, 3.63) is 0 Å². The second-order valence-electron chi connectivity index (χ2n) is 4.13. The minimum Gasteiger partial charge on any atom is -0.481 e. The fraction of sp³-hybridized carbons (Fsp3) is 0.889. The predicted octanol–water partition coefficient (Wildman–Crippen LogP) is 0.740. The lowest BCUT2D eigenvalue weighted by atomic mass is 9.74. The highest BCUT2D eigenvalue weighted by atomic mass is 16.4. The van der Waals surface area contributed by atoms with Gasteiger partial charge in [0.2, 0.25) is 0 Å². The second-order valence-corrected chi connectivity index (χ2v) is 4.13. The summed E-state index contributed by atoms with van der Waals surface area (Å²) >= 11 is 0. The molecule has 0 saturated heterocycles. The summed E-state index contributed by atoms with van der Waals surface area (Å²) in [5, 5.41) is 26.2. The van der Waals surface area contributed by atoms with Gasteiger partial charge in [0.1, 0.15) is 0 Å². The Morgan fingerprint density at radius 2 is 2.07 bits per heavy atom. The van der Waals surface area contributed by atoms with Crippen molar-refractivity contribution in [2.45, 2.75) is 38.4 Å². The van der Waals surface area contributed by atoms with Crippen LogP contribution in [-0.4, -0.2) is 28.2 Å². The smallest absolute Gasteiger partial charge is 0.451 e. The lowest BCUT2D eigenvalue weighted by molar-refractivity contribution is -0.143. The lowest BCUT2D eigenvalue weighted by Crippen LogP contribution is -2.23. The van der Waals surface area contributed by atoms with Gasteiger partial charge < -0.3 is 15.2 Å². The number of hydrogen-bond donors (Lipinski definition) is 3. The van der Waals surface area contributed by atoms with E-state index in [4.69, 9.17) is 15.2 Å². The summed E-state index contributed by atoms with van der Waals surface area (Å²) in [6.07, 6.45) is 4.52. The summed E-state index contributed by atoms with van der Waals surface area (Å²) < 4.78 is 0. The lowest BCUT2D eigenvalue weighted by Gasteiger charge is -2.26. The number of carboxylic acids is 1. The molecule has 1 rings (SSSR count). The molecule has 0 radical (unpaired) electrons. The molecule has 0 amide bonds. The van der Waals surface area contributed by atoms with Crippen LogP contribution in [0, 0.1) is 11.8 Å². The van der Waals surface area contributed by atoms with E-state index in [2.05, 4.69) is 0 Å². The fourth-order valence-electron chi connectivity index (χ4n) is 2.16. The Kier molecular flexibility index (Phi) is 4.42. The molecule has 0 bridgehead atoms. The molecule has 3 N–H and O–H groups in total. The molecule has 1 saturated carbocycles. The predicted molar refractivity (Wildman–Crippen MR) is 52.7 cm³/mol. The zero-order valence-corrected chi connectivity index (χ0v) is 8.22. The first-order valence-electron chi connectivity index (χ1n) is 5.18. The van der Waals surface area contributed by atoms with Crippen LogP contribution < -0.4 is 0 Å². The van der Waals surface area contributed by atoms with E-state index < -0.39 is 13.1 Å². The Labute approximate surface area is 84.1 Å². The van der Waals surface area contributed by atoms with Crippen LogP contribution in [0.1, 0.15) is 32.1 Å². The van der Waals surface area contributed by atoms with Crippen LogP contribution in [0.4, 0.5) is 0 Å². The molecule has 4 nitrogen and oxygen atoms in total. The van der Waals surface area contributed by atoms with Gasteiger partial charge in [-0.3, -0.25) is 4.79 Å². The van der Waals surface area contributed by atoms with Crippen molar-refractivity contribution in [3.8, 4) is 0 Å².